The summed E-state index contributed by atoms with van der Waals surface area (Å²) < 4.78 is 0. The molecule has 1 amide bonds. The molecule has 1 N–H and O–H groups in total. The minimum Gasteiger partial charge on any atom is -0.481 e. The monoisotopic (exact) mass is 462 g/mol. The fourth-order valence-electron chi connectivity index (χ4n) is 3.56. The summed E-state index contributed by atoms with van der Waals surface area (Å²) in [4.78, 5) is 29.6. The van der Waals surface area contributed by atoms with E-state index in [9.17, 15) is 9.59 Å². The number of aromatic nitrogens is 1. The molecule has 0 unspecified atom stereocenters. The highest BCUT2D eigenvalue weighted by molar-refractivity contribution is 6.31. The number of carboxylic acids is 1. The number of anilines is 1. The summed E-state index contributed by atoms with van der Waals surface area (Å²) in [5.41, 5.74) is 4.60. The van der Waals surface area contributed by atoms with Gasteiger partial charge in [0.15, 0.2) is 0 Å². The van der Waals surface area contributed by atoms with Crippen LogP contribution < -0.4 is 4.90 Å². The number of aliphatic carboxylic acids is 1. The first-order valence-electron chi connectivity index (χ1n) is 10.9. The molecule has 0 aliphatic carbocycles. The number of benzene rings is 2. The SMILES string of the molecule is CN(C(=O)CCc1ccccc1Cl)c1cccc(/C(=C/CCCC(=O)O)c2cccnc2)c1. The number of aryl methyl sites for hydroxylation is 1. The average Bonchev–Trinajstić information content (AvgIpc) is 2.83. The van der Waals surface area contributed by atoms with E-state index in [0.29, 0.717) is 30.7 Å². The molecule has 33 heavy (non-hydrogen) atoms. The molecular weight excluding hydrogens is 436 g/mol. The lowest BCUT2D eigenvalue weighted by molar-refractivity contribution is -0.137. The van der Waals surface area contributed by atoms with Crippen LogP contribution in [0.4, 0.5) is 5.69 Å². The number of pyridine rings is 1. The molecule has 0 aliphatic rings. The summed E-state index contributed by atoms with van der Waals surface area (Å²) in [5, 5.41) is 9.59. The lowest BCUT2D eigenvalue weighted by Crippen LogP contribution is -2.26. The molecule has 170 valence electrons. The standard InChI is InChI=1S/C27H27ClN2O3/c1-30(26(31)16-15-20-8-2-4-13-25(20)28)23-11-6-9-21(18-23)24(12-3-5-14-27(32)33)22-10-7-17-29-19-22/h2,4,6-13,17-19H,3,5,14-16H2,1H3,(H,32,33)/b24-12-. The van der Waals surface area contributed by atoms with Crippen molar-refractivity contribution in [3.05, 3.63) is 101 Å². The first-order chi connectivity index (χ1) is 16.0. The van der Waals surface area contributed by atoms with Gasteiger partial charge >= 0.3 is 5.97 Å². The molecule has 0 atom stereocenters. The molecule has 0 saturated heterocycles. The molecular formula is C27H27ClN2O3. The summed E-state index contributed by atoms with van der Waals surface area (Å²) in [5.74, 6) is -0.800. The Hall–Kier alpha value is -3.44. The van der Waals surface area contributed by atoms with E-state index >= 15 is 0 Å². The van der Waals surface area contributed by atoms with Crippen LogP contribution in [0.25, 0.3) is 5.57 Å². The molecule has 2 aromatic carbocycles. The number of carboxylic acid groups (broad SMARTS) is 1. The molecule has 0 saturated carbocycles. The predicted octanol–water partition coefficient (Wildman–Crippen LogP) is 6.02. The zero-order valence-electron chi connectivity index (χ0n) is 18.6. The van der Waals surface area contributed by atoms with Crippen molar-refractivity contribution >= 4 is 34.7 Å². The zero-order valence-corrected chi connectivity index (χ0v) is 19.3. The van der Waals surface area contributed by atoms with Gasteiger partial charge < -0.3 is 10.0 Å². The second kappa shape index (κ2) is 12.0. The van der Waals surface area contributed by atoms with E-state index in [1.807, 2.05) is 66.7 Å². The van der Waals surface area contributed by atoms with E-state index in [2.05, 4.69) is 4.98 Å². The molecule has 0 spiro atoms. The van der Waals surface area contributed by atoms with Crippen LogP contribution in [0.1, 0.15) is 42.4 Å². The van der Waals surface area contributed by atoms with E-state index < -0.39 is 5.97 Å². The molecule has 0 fully saturated rings. The van der Waals surface area contributed by atoms with Gasteiger partial charge in [0.2, 0.25) is 5.91 Å². The predicted molar refractivity (Wildman–Crippen MR) is 132 cm³/mol. The van der Waals surface area contributed by atoms with Crippen LogP contribution in [0.3, 0.4) is 0 Å². The maximum Gasteiger partial charge on any atom is 0.303 e. The lowest BCUT2D eigenvalue weighted by atomic mass is 9.97. The van der Waals surface area contributed by atoms with Gasteiger partial charge in [-0.3, -0.25) is 14.6 Å². The van der Waals surface area contributed by atoms with Gasteiger partial charge in [0, 0.05) is 48.6 Å². The summed E-state index contributed by atoms with van der Waals surface area (Å²) in [6.45, 7) is 0. The third-order valence-electron chi connectivity index (χ3n) is 5.40. The van der Waals surface area contributed by atoms with Crippen LogP contribution in [0.5, 0.6) is 0 Å². The first kappa shape index (κ1) is 24.2. The Labute approximate surface area is 199 Å². The summed E-state index contributed by atoms with van der Waals surface area (Å²) in [6, 6.07) is 19.2. The highest BCUT2D eigenvalue weighted by Crippen LogP contribution is 2.28. The van der Waals surface area contributed by atoms with Gasteiger partial charge in [-0.1, -0.05) is 54.1 Å². The van der Waals surface area contributed by atoms with Crippen LogP contribution in [-0.2, 0) is 16.0 Å². The molecule has 1 aromatic heterocycles. The Balaban J connectivity index is 1.78. The molecule has 1 heterocycles. The molecule has 6 heteroatoms. The van der Waals surface area contributed by atoms with Crippen molar-refractivity contribution in [2.24, 2.45) is 0 Å². The Kier molecular flexibility index (Phi) is 8.79. The number of allylic oxidation sites excluding steroid dienone is 1. The Morgan fingerprint density at radius 3 is 2.55 bits per heavy atom. The van der Waals surface area contributed by atoms with Gasteiger partial charge in [-0.2, -0.15) is 0 Å². The van der Waals surface area contributed by atoms with Crippen LogP contribution in [0.15, 0.2) is 79.1 Å². The van der Waals surface area contributed by atoms with E-state index in [0.717, 1.165) is 28.0 Å². The summed E-state index contributed by atoms with van der Waals surface area (Å²) in [6.07, 6.45) is 7.78. The number of amides is 1. The second-order valence-corrected chi connectivity index (χ2v) is 8.15. The van der Waals surface area contributed by atoms with Gasteiger partial charge in [-0.15, -0.1) is 0 Å². The number of halogens is 1. The lowest BCUT2D eigenvalue weighted by Gasteiger charge is -2.19. The van der Waals surface area contributed by atoms with Crippen LogP contribution in [0.2, 0.25) is 5.02 Å². The molecule has 0 aliphatic heterocycles. The van der Waals surface area contributed by atoms with Gasteiger partial charge in [0.1, 0.15) is 0 Å². The van der Waals surface area contributed by atoms with Gasteiger partial charge in [-0.25, -0.2) is 0 Å². The van der Waals surface area contributed by atoms with Crippen LogP contribution >= 0.6 is 11.6 Å². The van der Waals surface area contributed by atoms with Gasteiger partial charge in [0.05, 0.1) is 0 Å². The minimum absolute atomic E-state index is 0.000403. The summed E-state index contributed by atoms with van der Waals surface area (Å²) >= 11 is 6.22. The maximum atomic E-state index is 12.9. The number of carbonyl (C=O) groups is 2. The number of rotatable bonds is 10. The van der Waals surface area contributed by atoms with Crippen molar-refractivity contribution in [1.82, 2.24) is 4.98 Å². The number of hydrogen-bond acceptors (Lipinski definition) is 3. The van der Waals surface area contributed by atoms with Crippen molar-refractivity contribution in [1.29, 1.82) is 0 Å². The van der Waals surface area contributed by atoms with Crippen molar-refractivity contribution in [3.63, 3.8) is 0 Å². The topological polar surface area (TPSA) is 70.5 Å². The Morgan fingerprint density at radius 2 is 1.82 bits per heavy atom. The van der Waals surface area contributed by atoms with Crippen molar-refractivity contribution in [2.75, 3.05) is 11.9 Å². The number of hydrogen-bond donors (Lipinski definition) is 1. The van der Waals surface area contributed by atoms with E-state index in [1.54, 1.807) is 24.3 Å². The quantitative estimate of drug-likeness (QED) is 0.374. The van der Waals surface area contributed by atoms with Gasteiger partial charge in [0.25, 0.3) is 0 Å². The molecule has 3 rings (SSSR count). The highest BCUT2D eigenvalue weighted by Gasteiger charge is 2.14. The average molecular weight is 463 g/mol. The Morgan fingerprint density at radius 1 is 1.03 bits per heavy atom. The zero-order chi connectivity index (χ0) is 23.6. The molecule has 5 nitrogen and oxygen atoms in total. The molecule has 0 radical (unpaired) electrons. The van der Waals surface area contributed by atoms with Crippen LogP contribution in [-0.4, -0.2) is 29.0 Å². The fraction of sp³-hybridized carbons (Fsp3) is 0.222. The maximum absolute atomic E-state index is 12.9. The number of unbranched alkanes of at least 4 members (excludes halogenated alkanes) is 1. The van der Waals surface area contributed by atoms with Gasteiger partial charge in [-0.05, 0) is 60.2 Å². The van der Waals surface area contributed by atoms with Crippen molar-refractivity contribution in [2.45, 2.75) is 32.1 Å². The van der Waals surface area contributed by atoms with Crippen molar-refractivity contribution in [3.8, 4) is 0 Å². The minimum atomic E-state index is -0.801. The number of nitrogens with zero attached hydrogens (tertiary/aromatic N) is 2. The molecule has 0 bridgehead atoms. The van der Waals surface area contributed by atoms with E-state index in [1.165, 1.54) is 0 Å². The highest BCUT2D eigenvalue weighted by atomic mass is 35.5. The third kappa shape index (κ3) is 7.02. The van der Waals surface area contributed by atoms with E-state index in [-0.39, 0.29) is 12.3 Å². The van der Waals surface area contributed by atoms with Crippen LogP contribution in [0, 0.1) is 0 Å². The fourth-order valence-corrected chi connectivity index (χ4v) is 3.79. The third-order valence-corrected chi connectivity index (χ3v) is 5.77. The smallest absolute Gasteiger partial charge is 0.303 e. The normalized spacial score (nSPS) is 11.3. The Bertz CT molecular complexity index is 1130. The second-order valence-electron chi connectivity index (χ2n) is 7.74. The van der Waals surface area contributed by atoms with Crippen molar-refractivity contribution < 1.29 is 14.7 Å². The number of carbonyl (C=O) groups excluding carboxylic acids is 1. The van der Waals surface area contributed by atoms with E-state index in [4.69, 9.17) is 16.7 Å². The summed E-state index contributed by atoms with van der Waals surface area (Å²) in [7, 11) is 1.77. The largest absolute Gasteiger partial charge is 0.481 e. The molecule has 3 aromatic rings. The first-order valence-corrected chi connectivity index (χ1v) is 11.3.